The fourth-order valence-electron chi connectivity index (χ4n) is 1.76. The summed E-state index contributed by atoms with van der Waals surface area (Å²) in [7, 11) is 0. The number of carbonyl (C=O) groups is 2. The van der Waals surface area contributed by atoms with Gasteiger partial charge in [-0.25, -0.2) is 4.79 Å². The van der Waals surface area contributed by atoms with Crippen LogP contribution in [0.2, 0.25) is 0 Å². The van der Waals surface area contributed by atoms with Crippen LogP contribution >= 0.6 is 0 Å². The molecule has 0 radical (unpaired) electrons. The van der Waals surface area contributed by atoms with Gasteiger partial charge in [-0.1, -0.05) is 13.8 Å². The Morgan fingerprint density at radius 3 is 2.71 bits per heavy atom. The van der Waals surface area contributed by atoms with Crippen LogP contribution in [0.5, 0.6) is 0 Å². The highest BCUT2D eigenvalue weighted by Crippen LogP contribution is 2.13. The number of carbonyl (C=O) groups excluding carboxylic acids is 2. The molecule has 0 saturated carbocycles. The molecule has 0 aromatic carbocycles. The third-order valence-electron chi connectivity index (χ3n) is 2.54. The predicted octanol–water partition coefficient (Wildman–Crippen LogP) is -0.0718. The van der Waals surface area contributed by atoms with Gasteiger partial charge in [0.05, 0.1) is 19.8 Å². The zero-order valence-electron chi connectivity index (χ0n) is 10.4. The molecule has 0 aromatic heterocycles. The van der Waals surface area contributed by atoms with Crippen molar-refractivity contribution in [3.05, 3.63) is 0 Å². The van der Waals surface area contributed by atoms with E-state index in [0.717, 1.165) is 0 Å². The first-order valence-electron chi connectivity index (χ1n) is 5.96. The van der Waals surface area contributed by atoms with E-state index in [-0.39, 0.29) is 18.0 Å². The highest BCUT2D eigenvalue weighted by Gasteiger charge is 2.37. The number of urea groups is 1. The minimum atomic E-state index is -0.378. The number of nitrogens with one attached hydrogen (secondary N) is 1. The second-order valence-electron chi connectivity index (χ2n) is 4.52. The molecular weight excluding hydrogens is 222 g/mol. The summed E-state index contributed by atoms with van der Waals surface area (Å²) < 4.78 is 5.16. The first-order valence-corrected chi connectivity index (χ1v) is 5.96. The SMILES string of the molecule is CC(C)CC1NC(=O)N(CCOCCN)C1=O. The molecule has 17 heavy (non-hydrogen) atoms. The molecule has 0 spiro atoms. The Morgan fingerprint density at radius 1 is 1.41 bits per heavy atom. The van der Waals surface area contributed by atoms with Gasteiger partial charge >= 0.3 is 6.03 Å². The summed E-state index contributed by atoms with van der Waals surface area (Å²) in [6.45, 7) is 5.55. The largest absolute Gasteiger partial charge is 0.378 e. The molecule has 0 aromatic rings. The Balaban J connectivity index is 2.40. The molecule has 1 unspecified atom stereocenters. The number of rotatable bonds is 7. The molecule has 0 bridgehead atoms. The number of nitrogens with two attached hydrogens (primary N) is 1. The van der Waals surface area contributed by atoms with Gasteiger partial charge in [-0.3, -0.25) is 9.69 Å². The van der Waals surface area contributed by atoms with Gasteiger partial charge in [0.2, 0.25) is 0 Å². The lowest BCUT2D eigenvalue weighted by atomic mass is 10.0. The highest BCUT2D eigenvalue weighted by atomic mass is 16.5. The average molecular weight is 243 g/mol. The van der Waals surface area contributed by atoms with E-state index in [9.17, 15) is 9.59 Å². The second kappa shape index (κ2) is 6.56. The number of amides is 3. The zero-order valence-corrected chi connectivity index (χ0v) is 10.4. The third-order valence-corrected chi connectivity index (χ3v) is 2.54. The molecule has 1 fully saturated rings. The van der Waals surface area contributed by atoms with Gasteiger partial charge in [-0.2, -0.15) is 0 Å². The Morgan fingerprint density at radius 2 is 2.12 bits per heavy atom. The van der Waals surface area contributed by atoms with Crippen molar-refractivity contribution in [3.8, 4) is 0 Å². The van der Waals surface area contributed by atoms with E-state index in [2.05, 4.69) is 5.32 Å². The maximum absolute atomic E-state index is 11.9. The molecule has 6 heteroatoms. The van der Waals surface area contributed by atoms with Gasteiger partial charge in [0.1, 0.15) is 6.04 Å². The summed E-state index contributed by atoms with van der Waals surface area (Å²) in [5, 5.41) is 2.68. The molecule has 3 N–H and O–H groups in total. The summed E-state index contributed by atoms with van der Waals surface area (Å²) >= 11 is 0. The smallest absolute Gasteiger partial charge is 0.324 e. The molecule has 1 atom stereocenters. The fourth-order valence-corrected chi connectivity index (χ4v) is 1.76. The Bertz CT molecular complexity index is 281. The van der Waals surface area contributed by atoms with E-state index >= 15 is 0 Å². The van der Waals surface area contributed by atoms with Crippen LogP contribution in [0.1, 0.15) is 20.3 Å². The number of nitrogens with zero attached hydrogens (tertiary/aromatic N) is 1. The first kappa shape index (κ1) is 13.9. The molecule has 6 nitrogen and oxygen atoms in total. The van der Waals surface area contributed by atoms with E-state index in [1.807, 2.05) is 13.8 Å². The van der Waals surface area contributed by atoms with E-state index < -0.39 is 0 Å². The van der Waals surface area contributed by atoms with Crippen LogP contribution in [-0.2, 0) is 9.53 Å². The maximum atomic E-state index is 11.9. The number of hydrogen-bond acceptors (Lipinski definition) is 4. The lowest BCUT2D eigenvalue weighted by Gasteiger charge is -2.13. The summed E-state index contributed by atoms with van der Waals surface area (Å²) in [5.41, 5.74) is 5.27. The van der Waals surface area contributed by atoms with Crippen LogP contribution in [0.15, 0.2) is 0 Å². The van der Waals surface area contributed by atoms with Gasteiger partial charge in [0, 0.05) is 6.54 Å². The van der Waals surface area contributed by atoms with Crippen molar-refractivity contribution < 1.29 is 14.3 Å². The summed E-state index contributed by atoms with van der Waals surface area (Å²) in [6, 6.07) is -0.700. The Labute approximate surface area is 101 Å². The lowest BCUT2D eigenvalue weighted by Crippen LogP contribution is -2.35. The molecule has 3 amide bonds. The van der Waals surface area contributed by atoms with Gasteiger partial charge in [-0.05, 0) is 12.3 Å². The van der Waals surface area contributed by atoms with Crippen LogP contribution in [0.3, 0.4) is 0 Å². The van der Waals surface area contributed by atoms with Crippen LogP contribution in [0.4, 0.5) is 4.79 Å². The minimum Gasteiger partial charge on any atom is -0.378 e. The minimum absolute atomic E-state index is 0.153. The summed E-state index contributed by atoms with van der Waals surface area (Å²) in [5.74, 6) is 0.220. The van der Waals surface area contributed by atoms with Crippen LogP contribution in [0, 0.1) is 5.92 Å². The predicted molar refractivity (Wildman–Crippen MR) is 63.4 cm³/mol. The Kier molecular flexibility index (Phi) is 5.37. The summed E-state index contributed by atoms with van der Waals surface area (Å²) in [6.07, 6.45) is 0.671. The highest BCUT2D eigenvalue weighted by molar-refractivity contribution is 6.04. The molecule has 98 valence electrons. The van der Waals surface area contributed by atoms with Crippen LogP contribution in [-0.4, -0.2) is 49.2 Å². The molecule has 1 rings (SSSR count). The van der Waals surface area contributed by atoms with Crippen molar-refractivity contribution in [3.63, 3.8) is 0 Å². The van der Waals surface area contributed by atoms with E-state index in [0.29, 0.717) is 38.6 Å². The first-order chi connectivity index (χ1) is 8.06. The molecule has 0 aliphatic carbocycles. The number of ether oxygens (including phenoxy) is 1. The van der Waals surface area contributed by atoms with Crippen LogP contribution in [0.25, 0.3) is 0 Å². The van der Waals surface area contributed by atoms with E-state index in [1.165, 1.54) is 4.90 Å². The zero-order chi connectivity index (χ0) is 12.8. The van der Waals surface area contributed by atoms with Gasteiger partial charge < -0.3 is 15.8 Å². The number of imide groups is 1. The maximum Gasteiger partial charge on any atom is 0.324 e. The van der Waals surface area contributed by atoms with Gasteiger partial charge in [0.25, 0.3) is 5.91 Å². The lowest BCUT2D eigenvalue weighted by molar-refractivity contribution is -0.128. The normalized spacial score (nSPS) is 20.2. The van der Waals surface area contributed by atoms with Crippen LogP contribution < -0.4 is 11.1 Å². The topological polar surface area (TPSA) is 84.7 Å². The van der Waals surface area contributed by atoms with E-state index in [4.69, 9.17) is 10.5 Å². The summed E-state index contributed by atoms with van der Waals surface area (Å²) in [4.78, 5) is 24.6. The third kappa shape index (κ3) is 3.98. The van der Waals surface area contributed by atoms with Crippen molar-refractivity contribution in [2.75, 3.05) is 26.3 Å². The standard InChI is InChI=1S/C11H21N3O3/c1-8(2)7-9-10(15)14(11(16)13-9)4-6-17-5-3-12/h8-9H,3-7,12H2,1-2H3,(H,13,16). The van der Waals surface area contributed by atoms with Gasteiger partial charge in [-0.15, -0.1) is 0 Å². The van der Waals surface area contributed by atoms with Crippen molar-refractivity contribution in [1.82, 2.24) is 10.2 Å². The molecule has 1 heterocycles. The monoisotopic (exact) mass is 243 g/mol. The van der Waals surface area contributed by atoms with Gasteiger partial charge in [0.15, 0.2) is 0 Å². The Hall–Kier alpha value is -1.14. The molecule has 1 aliphatic rings. The average Bonchev–Trinajstić information content (AvgIpc) is 2.50. The van der Waals surface area contributed by atoms with Crippen molar-refractivity contribution >= 4 is 11.9 Å². The second-order valence-corrected chi connectivity index (χ2v) is 4.52. The molecular formula is C11H21N3O3. The van der Waals surface area contributed by atoms with Crippen molar-refractivity contribution in [2.45, 2.75) is 26.3 Å². The molecule has 1 aliphatic heterocycles. The van der Waals surface area contributed by atoms with Crippen molar-refractivity contribution in [1.29, 1.82) is 0 Å². The number of hydrogen-bond donors (Lipinski definition) is 2. The van der Waals surface area contributed by atoms with Crippen molar-refractivity contribution in [2.24, 2.45) is 11.7 Å². The fraction of sp³-hybridized carbons (Fsp3) is 0.818. The quantitative estimate of drug-likeness (QED) is 0.484. The molecule has 1 saturated heterocycles. The van der Waals surface area contributed by atoms with E-state index in [1.54, 1.807) is 0 Å².